The maximum atomic E-state index is 10.9. The van der Waals surface area contributed by atoms with E-state index in [1.807, 2.05) is 48.5 Å². The molecule has 0 spiro atoms. The van der Waals surface area contributed by atoms with Gasteiger partial charge in [0.1, 0.15) is 22.3 Å². The van der Waals surface area contributed by atoms with E-state index in [9.17, 15) is 5.11 Å². The molecule has 4 aromatic heterocycles. The van der Waals surface area contributed by atoms with Crippen molar-refractivity contribution in [2.24, 2.45) is 0 Å². The first-order chi connectivity index (χ1) is 14.2. The van der Waals surface area contributed by atoms with Gasteiger partial charge < -0.3 is 9.52 Å². The number of halogens is 1. The zero-order valence-corrected chi connectivity index (χ0v) is 15.9. The molecule has 1 aromatic carbocycles. The van der Waals surface area contributed by atoms with Crippen LogP contribution in [-0.2, 0) is 6.42 Å². The lowest BCUT2D eigenvalue weighted by Crippen LogP contribution is -1.96. The summed E-state index contributed by atoms with van der Waals surface area (Å²) in [5.41, 5.74) is 4.05. The second kappa shape index (κ2) is 7.07. The van der Waals surface area contributed by atoms with Crippen molar-refractivity contribution in [1.29, 1.82) is 0 Å². The van der Waals surface area contributed by atoms with Crippen LogP contribution in [0.1, 0.15) is 11.5 Å². The predicted molar refractivity (Wildman–Crippen MR) is 110 cm³/mol. The third kappa shape index (κ3) is 3.23. The standard InChI is InChI=1S/C22H15ClN4O2/c23-19-11-15(8-9-24-19)20-21-26-17(12-16-7-4-10-29-16)22(28)27(21)13-18(25-20)14-5-2-1-3-6-14/h1-11,13,28H,12H2. The molecule has 0 amide bonds. The number of imidazole rings is 1. The first-order valence-corrected chi connectivity index (χ1v) is 9.37. The average Bonchev–Trinajstić information content (AvgIpc) is 3.37. The largest absolute Gasteiger partial charge is 0.493 e. The van der Waals surface area contributed by atoms with Crippen molar-refractivity contribution in [3.8, 4) is 28.4 Å². The molecule has 0 saturated carbocycles. The SMILES string of the molecule is Oc1c(Cc2ccco2)nc2c(-c3ccnc(Cl)c3)nc(-c3ccccc3)cn12. The molecule has 142 valence electrons. The number of pyridine rings is 1. The van der Waals surface area contributed by atoms with E-state index in [1.165, 1.54) is 0 Å². The minimum atomic E-state index is 0.0531. The fourth-order valence-electron chi connectivity index (χ4n) is 3.27. The molecule has 0 aliphatic carbocycles. The fourth-order valence-corrected chi connectivity index (χ4v) is 3.44. The number of aromatic hydroxyl groups is 1. The highest BCUT2D eigenvalue weighted by Crippen LogP contribution is 2.32. The highest BCUT2D eigenvalue weighted by molar-refractivity contribution is 6.29. The summed E-state index contributed by atoms with van der Waals surface area (Å²) in [5.74, 6) is 0.769. The van der Waals surface area contributed by atoms with Gasteiger partial charge >= 0.3 is 0 Å². The van der Waals surface area contributed by atoms with Crippen molar-refractivity contribution in [3.05, 3.63) is 89.9 Å². The molecule has 0 saturated heterocycles. The number of nitrogens with zero attached hydrogens (tertiary/aromatic N) is 4. The monoisotopic (exact) mass is 402 g/mol. The molecule has 1 N–H and O–H groups in total. The number of aromatic nitrogens is 4. The molecular formula is C22H15ClN4O2. The summed E-state index contributed by atoms with van der Waals surface area (Å²) in [6.45, 7) is 0. The topological polar surface area (TPSA) is 76.5 Å². The second-order valence-corrected chi connectivity index (χ2v) is 6.93. The first kappa shape index (κ1) is 17.5. The van der Waals surface area contributed by atoms with Crippen LogP contribution < -0.4 is 0 Å². The van der Waals surface area contributed by atoms with Gasteiger partial charge in [-0.05, 0) is 24.3 Å². The van der Waals surface area contributed by atoms with E-state index in [0.29, 0.717) is 40.1 Å². The van der Waals surface area contributed by atoms with Crippen LogP contribution in [0, 0.1) is 0 Å². The summed E-state index contributed by atoms with van der Waals surface area (Å²) in [4.78, 5) is 13.5. The van der Waals surface area contributed by atoms with Crippen LogP contribution in [0.15, 0.2) is 77.7 Å². The number of furan rings is 1. The normalized spacial score (nSPS) is 11.2. The van der Waals surface area contributed by atoms with E-state index in [4.69, 9.17) is 21.0 Å². The van der Waals surface area contributed by atoms with Crippen LogP contribution in [0.4, 0.5) is 0 Å². The lowest BCUT2D eigenvalue weighted by Gasteiger charge is -2.08. The van der Waals surface area contributed by atoms with E-state index in [0.717, 1.165) is 11.1 Å². The molecule has 0 atom stereocenters. The minimum Gasteiger partial charge on any atom is -0.493 e. The lowest BCUT2D eigenvalue weighted by molar-refractivity contribution is 0.438. The molecule has 0 aliphatic rings. The third-order valence-corrected chi connectivity index (χ3v) is 4.85. The van der Waals surface area contributed by atoms with Crippen LogP contribution in [0.25, 0.3) is 28.2 Å². The van der Waals surface area contributed by atoms with E-state index in [2.05, 4.69) is 9.97 Å². The molecule has 5 rings (SSSR count). The Bertz CT molecular complexity index is 1300. The maximum Gasteiger partial charge on any atom is 0.219 e. The van der Waals surface area contributed by atoms with E-state index in [-0.39, 0.29) is 5.88 Å². The van der Waals surface area contributed by atoms with Crippen molar-refractivity contribution < 1.29 is 9.52 Å². The number of benzene rings is 1. The maximum absolute atomic E-state index is 10.9. The Morgan fingerprint density at radius 3 is 2.62 bits per heavy atom. The van der Waals surface area contributed by atoms with E-state index < -0.39 is 0 Å². The van der Waals surface area contributed by atoms with Gasteiger partial charge in [-0.2, -0.15) is 0 Å². The third-order valence-electron chi connectivity index (χ3n) is 4.64. The van der Waals surface area contributed by atoms with Gasteiger partial charge in [-0.25, -0.2) is 15.0 Å². The number of rotatable bonds is 4. The summed E-state index contributed by atoms with van der Waals surface area (Å²) >= 11 is 6.11. The molecule has 0 fully saturated rings. The smallest absolute Gasteiger partial charge is 0.219 e. The Kier molecular flexibility index (Phi) is 4.26. The average molecular weight is 403 g/mol. The van der Waals surface area contributed by atoms with Crippen LogP contribution >= 0.6 is 11.6 Å². The Hall–Kier alpha value is -3.64. The second-order valence-electron chi connectivity index (χ2n) is 6.54. The molecule has 0 aliphatic heterocycles. The van der Waals surface area contributed by atoms with Crippen molar-refractivity contribution in [3.63, 3.8) is 0 Å². The van der Waals surface area contributed by atoms with Crippen LogP contribution in [0.2, 0.25) is 5.15 Å². The van der Waals surface area contributed by atoms with Crippen molar-refractivity contribution in [2.75, 3.05) is 0 Å². The predicted octanol–water partition coefficient (Wildman–Crippen LogP) is 5.00. The molecule has 7 heteroatoms. The first-order valence-electron chi connectivity index (χ1n) is 9.00. The zero-order valence-electron chi connectivity index (χ0n) is 15.2. The summed E-state index contributed by atoms with van der Waals surface area (Å²) in [6.07, 6.45) is 5.38. The van der Waals surface area contributed by atoms with Crippen LogP contribution in [-0.4, -0.2) is 24.5 Å². The summed E-state index contributed by atoms with van der Waals surface area (Å²) in [5, 5.41) is 11.2. The molecule has 0 unspecified atom stereocenters. The van der Waals surface area contributed by atoms with Crippen LogP contribution in [0.5, 0.6) is 5.88 Å². The lowest BCUT2D eigenvalue weighted by atomic mass is 10.1. The van der Waals surface area contributed by atoms with Gasteiger partial charge in [-0.15, -0.1) is 0 Å². The molecule has 29 heavy (non-hydrogen) atoms. The fraction of sp³-hybridized carbons (Fsp3) is 0.0455. The number of hydrogen-bond donors (Lipinski definition) is 1. The van der Waals surface area contributed by atoms with Gasteiger partial charge in [-0.1, -0.05) is 41.9 Å². The molecule has 0 radical (unpaired) electrons. The van der Waals surface area contributed by atoms with Gasteiger partial charge in [0.25, 0.3) is 0 Å². The Balaban J connectivity index is 1.76. The Morgan fingerprint density at radius 1 is 1.00 bits per heavy atom. The van der Waals surface area contributed by atoms with Gasteiger partial charge in [0.15, 0.2) is 5.65 Å². The van der Waals surface area contributed by atoms with Crippen molar-refractivity contribution >= 4 is 17.2 Å². The molecule has 4 heterocycles. The van der Waals surface area contributed by atoms with Crippen molar-refractivity contribution in [2.45, 2.75) is 6.42 Å². The molecule has 5 aromatic rings. The molecule has 0 bridgehead atoms. The summed E-state index contributed by atoms with van der Waals surface area (Å²) in [7, 11) is 0. The highest BCUT2D eigenvalue weighted by Gasteiger charge is 2.19. The van der Waals surface area contributed by atoms with Crippen LogP contribution in [0.3, 0.4) is 0 Å². The van der Waals surface area contributed by atoms with E-state index >= 15 is 0 Å². The van der Waals surface area contributed by atoms with Crippen molar-refractivity contribution in [1.82, 2.24) is 19.4 Å². The number of hydrogen-bond acceptors (Lipinski definition) is 5. The Morgan fingerprint density at radius 2 is 1.86 bits per heavy atom. The summed E-state index contributed by atoms with van der Waals surface area (Å²) < 4.78 is 7.06. The van der Waals surface area contributed by atoms with Gasteiger partial charge in [0, 0.05) is 23.5 Å². The van der Waals surface area contributed by atoms with Gasteiger partial charge in [0.2, 0.25) is 5.88 Å². The Labute approximate surface area is 171 Å². The zero-order chi connectivity index (χ0) is 19.8. The molecular weight excluding hydrogens is 388 g/mol. The van der Waals surface area contributed by atoms with Gasteiger partial charge in [-0.3, -0.25) is 4.40 Å². The quantitative estimate of drug-likeness (QED) is 0.428. The van der Waals surface area contributed by atoms with Gasteiger partial charge in [0.05, 0.1) is 18.4 Å². The van der Waals surface area contributed by atoms with E-state index in [1.54, 1.807) is 29.1 Å². The number of fused-ring (bicyclic) bond motifs is 1. The summed E-state index contributed by atoms with van der Waals surface area (Å²) in [6, 6.07) is 17.0. The molecule has 6 nitrogen and oxygen atoms in total. The minimum absolute atomic E-state index is 0.0531. The highest BCUT2D eigenvalue weighted by atomic mass is 35.5.